The molecule has 2 aromatic heterocycles. The van der Waals surface area contributed by atoms with Crippen LogP contribution in [0.4, 0.5) is 16.2 Å². The van der Waals surface area contributed by atoms with E-state index < -0.39 is 0 Å². The zero-order valence-electron chi connectivity index (χ0n) is 13.7. The molecular weight excluding hydrogens is 311 g/mol. The van der Waals surface area contributed by atoms with Crippen molar-refractivity contribution in [2.24, 2.45) is 7.05 Å². The zero-order chi connectivity index (χ0) is 17.3. The molecule has 0 saturated heterocycles. The average Bonchev–Trinajstić information content (AvgIpc) is 2.92. The second-order valence-corrected chi connectivity index (χ2v) is 5.58. The molecule has 3 rings (SSSR count). The van der Waals surface area contributed by atoms with Crippen LogP contribution >= 0.6 is 0 Å². The number of benzene rings is 1. The lowest BCUT2D eigenvalue weighted by molar-refractivity contribution is 0.0905. The molecule has 0 aliphatic heterocycles. The molecule has 3 N–H and O–H groups in total. The van der Waals surface area contributed by atoms with Gasteiger partial charge < -0.3 is 15.8 Å². The van der Waals surface area contributed by atoms with Crippen molar-refractivity contribution in [2.75, 3.05) is 18.2 Å². The number of hydrogen-bond donors (Lipinski definition) is 2. The van der Waals surface area contributed by atoms with Crippen LogP contribution in [0.15, 0.2) is 30.5 Å². The standard InChI is InChI=1S/C16H19FN6O/c1-9(13(24-3)10-4-6-11(17)7-5-10)20-16-21-14(18)12-8-19-23(2)15(12)22-16/h4-9,13H,1-3H3,(H3,18,20,21,22)/t9-,13-/m1/s1. The first-order valence-electron chi connectivity index (χ1n) is 7.49. The molecule has 7 nitrogen and oxygen atoms in total. The third-order valence-corrected chi connectivity index (χ3v) is 3.88. The van der Waals surface area contributed by atoms with Crippen LogP contribution in [-0.2, 0) is 11.8 Å². The second kappa shape index (κ2) is 6.40. The van der Waals surface area contributed by atoms with Crippen LogP contribution in [0.3, 0.4) is 0 Å². The van der Waals surface area contributed by atoms with E-state index in [0.29, 0.717) is 22.8 Å². The van der Waals surface area contributed by atoms with Crippen LogP contribution in [0.2, 0.25) is 0 Å². The van der Waals surface area contributed by atoms with Gasteiger partial charge in [-0.25, -0.2) is 4.39 Å². The van der Waals surface area contributed by atoms with Crippen LogP contribution in [-0.4, -0.2) is 32.9 Å². The Morgan fingerprint density at radius 2 is 1.96 bits per heavy atom. The van der Waals surface area contributed by atoms with E-state index in [4.69, 9.17) is 10.5 Å². The van der Waals surface area contributed by atoms with E-state index in [-0.39, 0.29) is 18.0 Å². The van der Waals surface area contributed by atoms with Crippen LogP contribution in [0.25, 0.3) is 11.0 Å². The number of ether oxygens (including phenoxy) is 1. The minimum Gasteiger partial charge on any atom is -0.383 e. The van der Waals surface area contributed by atoms with E-state index >= 15 is 0 Å². The Morgan fingerprint density at radius 1 is 1.25 bits per heavy atom. The van der Waals surface area contributed by atoms with Crippen LogP contribution < -0.4 is 11.1 Å². The molecule has 0 fully saturated rings. The predicted octanol–water partition coefficient (Wildman–Crippen LogP) is 2.27. The summed E-state index contributed by atoms with van der Waals surface area (Å²) in [5.74, 6) is 0.464. The first-order chi connectivity index (χ1) is 11.5. The van der Waals surface area contributed by atoms with Crippen molar-refractivity contribution in [1.29, 1.82) is 0 Å². The topological polar surface area (TPSA) is 90.9 Å². The van der Waals surface area contributed by atoms with Gasteiger partial charge in [-0.15, -0.1) is 0 Å². The molecule has 0 bridgehead atoms. The lowest BCUT2D eigenvalue weighted by Gasteiger charge is -2.24. The summed E-state index contributed by atoms with van der Waals surface area (Å²) < 4.78 is 20.3. The Bertz CT molecular complexity index is 848. The van der Waals surface area contributed by atoms with Crippen LogP contribution in [0.1, 0.15) is 18.6 Å². The van der Waals surface area contributed by atoms with Gasteiger partial charge in [-0.2, -0.15) is 15.1 Å². The normalized spacial score (nSPS) is 13.8. The number of nitrogen functional groups attached to an aromatic ring is 1. The van der Waals surface area contributed by atoms with E-state index in [2.05, 4.69) is 20.4 Å². The molecule has 24 heavy (non-hydrogen) atoms. The van der Waals surface area contributed by atoms with Crippen LogP contribution in [0, 0.1) is 5.82 Å². The molecule has 0 aliphatic rings. The quantitative estimate of drug-likeness (QED) is 0.746. The van der Waals surface area contributed by atoms with E-state index in [1.807, 2.05) is 6.92 Å². The fourth-order valence-electron chi connectivity index (χ4n) is 2.67. The van der Waals surface area contributed by atoms with Gasteiger partial charge in [0.2, 0.25) is 5.95 Å². The number of aryl methyl sites for hydroxylation is 1. The van der Waals surface area contributed by atoms with Gasteiger partial charge in [-0.1, -0.05) is 12.1 Å². The van der Waals surface area contributed by atoms with E-state index in [9.17, 15) is 4.39 Å². The molecule has 0 spiro atoms. The van der Waals surface area contributed by atoms with Gasteiger partial charge in [-0.3, -0.25) is 4.68 Å². The van der Waals surface area contributed by atoms with Gasteiger partial charge in [0.25, 0.3) is 0 Å². The number of nitrogens with two attached hydrogens (primary N) is 1. The molecular formula is C16H19FN6O. The summed E-state index contributed by atoms with van der Waals surface area (Å²) in [7, 11) is 3.39. The summed E-state index contributed by atoms with van der Waals surface area (Å²) in [5, 5.41) is 8.03. The molecule has 0 radical (unpaired) electrons. The summed E-state index contributed by atoms with van der Waals surface area (Å²) >= 11 is 0. The Kier molecular flexibility index (Phi) is 4.30. The first kappa shape index (κ1) is 16.1. The number of halogens is 1. The maximum absolute atomic E-state index is 13.1. The van der Waals surface area contributed by atoms with Crippen molar-refractivity contribution in [3.05, 3.63) is 41.8 Å². The van der Waals surface area contributed by atoms with E-state index in [1.54, 1.807) is 37.2 Å². The molecule has 2 atom stereocenters. The second-order valence-electron chi connectivity index (χ2n) is 5.58. The largest absolute Gasteiger partial charge is 0.383 e. The molecule has 0 amide bonds. The number of fused-ring (bicyclic) bond motifs is 1. The molecule has 0 saturated carbocycles. The number of hydrogen-bond acceptors (Lipinski definition) is 6. The highest BCUT2D eigenvalue weighted by atomic mass is 19.1. The third kappa shape index (κ3) is 3.00. The average molecular weight is 330 g/mol. The number of methoxy groups -OCH3 is 1. The van der Waals surface area contributed by atoms with Gasteiger partial charge in [0.15, 0.2) is 5.65 Å². The van der Waals surface area contributed by atoms with E-state index in [1.165, 1.54) is 12.1 Å². The molecule has 0 aliphatic carbocycles. The maximum atomic E-state index is 13.1. The molecule has 126 valence electrons. The maximum Gasteiger partial charge on any atom is 0.227 e. The number of aromatic nitrogens is 4. The highest BCUT2D eigenvalue weighted by Gasteiger charge is 2.20. The minimum atomic E-state index is -0.294. The Labute approximate surface area is 138 Å². The summed E-state index contributed by atoms with van der Waals surface area (Å²) in [5.41, 5.74) is 7.47. The molecule has 3 aromatic rings. The Balaban J connectivity index is 1.86. The SMILES string of the molecule is CO[C@@H](c1ccc(F)cc1)[C@@H](C)Nc1nc(N)c2cnn(C)c2n1. The molecule has 8 heteroatoms. The Morgan fingerprint density at radius 3 is 2.62 bits per heavy atom. The predicted molar refractivity (Wildman–Crippen MR) is 90.0 cm³/mol. The van der Waals surface area contributed by atoms with Crippen molar-refractivity contribution in [2.45, 2.75) is 19.1 Å². The first-order valence-corrected chi connectivity index (χ1v) is 7.49. The lowest BCUT2D eigenvalue weighted by atomic mass is 10.0. The Hall–Kier alpha value is -2.74. The lowest BCUT2D eigenvalue weighted by Crippen LogP contribution is -2.27. The summed E-state index contributed by atoms with van der Waals surface area (Å²) in [4.78, 5) is 8.71. The van der Waals surface area contributed by atoms with E-state index in [0.717, 1.165) is 5.56 Å². The van der Waals surface area contributed by atoms with Crippen LogP contribution in [0.5, 0.6) is 0 Å². The van der Waals surface area contributed by atoms with Crippen molar-refractivity contribution >= 4 is 22.8 Å². The number of rotatable bonds is 5. The highest BCUT2D eigenvalue weighted by Crippen LogP contribution is 2.24. The summed E-state index contributed by atoms with van der Waals surface area (Å²) in [6.45, 7) is 1.94. The van der Waals surface area contributed by atoms with Gasteiger partial charge in [-0.05, 0) is 24.6 Å². The smallest absolute Gasteiger partial charge is 0.227 e. The van der Waals surface area contributed by atoms with Gasteiger partial charge in [0.05, 0.1) is 17.6 Å². The van der Waals surface area contributed by atoms with Gasteiger partial charge >= 0.3 is 0 Å². The monoisotopic (exact) mass is 330 g/mol. The van der Waals surface area contributed by atoms with Crippen molar-refractivity contribution in [1.82, 2.24) is 19.7 Å². The zero-order valence-corrected chi connectivity index (χ0v) is 13.7. The molecule has 0 unspecified atom stereocenters. The van der Waals surface area contributed by atoms with Crippen molar-refractivity contribution < 1.29 is 9.13 Å². The minimum absolute atomic E-state index is 0.162. The van der Waals surface area contributed by atoms with Crippen molar-refractivity contribution in [3.8, 4) is 0 Å². The number of nitrogens with zero attached hydrogens (tertiary/aromatic N) is 4. The highest BCUT2D eigenvalue weighted by molar-refractivity contribution is 5.86. The van der Waals surface area contributed by atoms with Gasteiger partial charge in [0.1, 0.15) is 17.7 Å². The fourth-order valence-corrected chi connectivity index (χ4v) is 2.67. The number of anilines is 2. The van der Waals surface area contributed by atoms with Crippen molar-refractivity contribution in [3.63, 3.8) is 0 Å². The van der Waals surface area contributed by atoms with Gasteiger partial charge in [0, 0.05) is 14.2 Å². The third-order valence-electron chi connectivity index (χ3n) is 3.88. The summed E-state index contributed by atoms with van der Waals surface area (Å²) in [6, 6.07) is 6.04. The number of nitrogens with one attached hydrogen (secondary N) is 1. The molecule has 2 heterocycles. The summed E-state index contributed by atoms with van der Waals surface area (Å²) in [6.07, 6.45) is 1.34. The fraction of sp³-hybridized carbons (Fsp3) is 0.312. The molecule has 1 aromatic carbocycles.